The summed E-state index contributed by atoms with van der Waals surface area (Å²) in [6.45, 7) is 17.0. The van der Waals surface area contributed by atoms with Gasteiger partial charge in [-0.25, -0.2) is 0 Å². The van der Waals surface area contributed by atoms with Gasteiger partial charge in [-0.1, -0.05) is 110 Å². The van der Waals surface area contributed by atoms with E-state index in [0.29, 0.717) is 0 Å². The lowest BCUT2D eigenvalue weighted by Crippen LogP contribution is -2.12. The second-order valence-corrected chi connectivity index (χ2v) is 10.2. The van der Waals surface area contributed by atoms with Crippen molar-refractivity contribution in [3.05, 3.63) is 23.3 Å². The standard InChI is InChI=1S/C28H52/c1-8-11-12-15-23(5)20-27(19-18-26-17-13-16-25(26)7)28(24(6)10-3)21-22(4)14-9-2/h13,17,22-26H,8-12,14-16,18-21H2,1-7H3. The van der Waals surface area contributed by atoms with E-state index in [-0.39, 0.29) is 0 Å². The molecule has 0 aliphatic heterocycles. The second-order valence-electron chi connectivity index (χ2n) is 10.2. The number of unbranched alkanes of at least 4 members (excludes halogenated alkanes) is 2. The van der Waals surface area contributed by atoms with Crippen LogP contribution in [0.4, 0.5) is 0 Å². The molecule has 0 amide bonds. The van der Waals surface area contributed by atoms with E-state index in [9.17, 15) is 0 Å². The lowest BCUT2D eigenvalue weighted by atomic mass is 9.79. The maximum atomic E-state index is 2.51. The van der Waals surface area contributed by atoms with E-state index in [4.69, 9.17) is 0 Å². The molecule has 0 heteroatoms. The van der Waals surface area contributed by atoms with E-state index in [1.165, 1.54) is 77.0 Å². The van der Waals surface area contributed by atoms with Crippen molar-refractivity contribution in [1.82, 2.24) is 0 Å². The molecule has 0 radical (unpaired) electrons. The van der Waals surface area contributed by atoms with Crippen LogP contribution in [0.5, 0.6) is 0 Å². The number of hydrogen-bond donors (Lipinski definition) is 0. The second kappa shape index (κ2) is 14.5. The lowest BCUT2D eigenvalue weighted by Gasteiger charge is -2.26. The molecule has 0 aromatic rings. The van der Waals surface area contributed by atoms with Gasteiger partial charge in [0.2, 0.25) is 0 Å². The van der Waals surface area contributed by atoms with E-state index in [1.54, 1.807) is 0 Å². The monoisotopic (exact) mass is 388 g/mol. The van der Waals surface area contributed by atoms with E-state index in [2.05, 4.69) is 60.6 Å². The summed E-state index contributed by atoms with van der Waals surface area (Å²) in [5, 5.41) is 0. The first-order valence-electron chi connectivity index (χ1n) is 12.8. The average molecular weight is 389 g/mol. The molecule has 0 heterocycles. The van der Waals surface area contributed by atoms with Gasteiger partial charge in [0.05, 0.1) is 0 Å². The third-order valence-electron chi connectivity index (χ3n) is 7.31. The highest BCUT2D eigenvalue weighted by molar-refractivity contribution is 5.19. The van der Waals surface area contributed by atoms with Crippen molar-refractivity contribution in [2.75, 3.05) is 0 Å². The van der Waals surface area contributed by atoms with E-state index in [0.717, 1.165) is 29.6 Å². The Morgan fingerprint density at radius 3 is 2.21 bits per heavy atom. The molecule has 0 bridgehead atoms. The van der Waals surface area contributed by atoms with Gasteiger partial charge in [-0.05, 0) is 68.1 Å². The Morgan fingerprint density at radius 2 is 1.64 bits per heavy atom. The normalized spacial score (nSPS) is 23.5. The highest BCUT2D eigenvalue weighted by Crippen LogP contribution is 2.36. The van der Waals surface area contributed by atoms with Crippen molar-refractivity contribution < 1.29 is 0 Å². The summed E-state index contributed by atoms with van der Waals surface area (Å²) in [4.78, 5) is 0. The van der Waals surface area contributed by atoms with Gasteiger partial charge < -0.3 is 0 Å². The van der Waals surface area contributed by atoms with Gasteiger partial charge >= 0.3 is 0 Å². The largest absolute Gasteiger partial charge is 0.0880 e. The lowest BCUT2D eigenvalue weighted by molar-refractivity contribution is 0.415. The molecule has 0 N–H and O–H groups in total. The van der Waals surface area contributed by atoms with Crippen molar-refractivity contribution in [2.24, 2.45) is 29.6 Å². The van der Waals surface area contributed by atoms with Crippen LogP contribution < -0.4 is 0 Å². The number of allylic oxidation sites excluding steroid dienone is 4. The van der Waals surface area contributed by atoms with E-state index in [1.807, 2.05) is 11.1 Å². The van der Waals surface area contributed by atoms with E-state index < -0.39 is 0 Å². The first-order chi connectivity index (χ1) is 13.4. The molecule has 0 spiro atoms. The summed E-state index contributed by atoms with van der Waals surface area (Å²) < 4.78 is 0. The van der Waals surface area contributed by atoms with Crippen molar-refractivity contribution >= 4 is 0 Å². The molecule has 0 aromatic heterocycles. The predicted molar refractivity (Wildman–Crippen MR) is 129 cm³/mol. The van der Waals surface area contributed by atoms with Crippen LogP contribution in [0.25, 0.3) is 0 Å². The van der Waals surface area contributed by atoms with Gasteiger partial charge in [-0.2, -0.15) is 0 Å². The summed E-state index contributed by atoms with van der Waals surface area (Å²) >= 11 is 0. The summed E-state index contributed by atoms with van der Waals surface area (Å²) in [6.07, 6.45) is 21.2. The summed E-state index contributed by atoms with van der Waals surface area (Å²) in [5.74, 6) is 4.11. The fraction of sp³-hybridized carbons (Fsp3) is 0.857. The van der Waals surface area contributed by atoms with Gasteiger partial charge in [0, 0.05) is 0 Å². The topological polar surface area (TPSA) is 0 Å². The minimum atomic E-state index is 0.758. The molecule has 0 saturated carbocycles. The zero-order chi connectivity index (χ0) is 20.9. The fourth-order valence-electron chi connectivity index (χ4n) is 5.12. The Balaban J connectivity index is 2.95. The molecular weight excluding hydrogens is 336 g/mol. The molecule has 1 rings (SSSR count). The molecule has 0 saturated heterocycles. The van der Waals surface area contributed by atoms with Crippen LogP contribution in [0.3, 0.4) is 0 Å². The highest BCUT2D eigenvalue weighted by Gasteiger charge is 2.22. The predicted octanol–water partition coefficient (Wildman–Crippen LogP) is 9.75. The van der Waals surface area contributed by atoms with Crippen LogP contribution in [0, 0.1) is 29.6 Å². The van der Waals surface area contributed by atoms with Crippen LogP contribution in [0.2, 0.25) is 0 Å². The molecule has 1 aliphatic carbocycles. The average Bonchev–Trinajstić information content (AvgIpc) is 3.08. The van der Waals surface area contributed by atoms with Crippen LogP contribution in [-0.4, -0.2) is 0 Å². The van der Waals surface area contributed by atoms with Gasteiger partial charge in [0.25, 0.3) is 0 Å². The summed E-state index contributed by atoms with van der Waals surface area (Å²) in [6, 6.07) is 0. The van der Waals surface area contributed by atoms with Crippen molar-refractivity contribution in [3.8, 4) is 0 Å². The Labute approximate surface area is 178 Å². The molecule has 1 aliphatic rings. The van der Waals surface area contributed by atoms with Crippen LogP contribution in [-0.2, 0) is 0 Å². The number of hydrogen-bond acceptors (Lipinski definition) is 0. The zero-order valence-electron chi connectivity index (χ0n) is 20.5. The number of rotatable bonds is 15. The molecule has 5 atom stereocenters. The molecule has 5 unspecified atom stereocenters. The molecule has 164 valence electrons. The zero-order valence-corrected chi connectivity index (χ0v) is 20.5. The smallest absolute Gasteiger partial charge is 0.0202 e. The first-order valence-corrected chi connectivity index (χ1v) is 12.8. The first kappa shape index (κ1) is 25.5. The van der Waals surface area contributed by atoms with Gasteiger partial charge in [0.15, 0.2) is 0 Å². The summed E-state index contributed by atoms with van der Waals surface area (Å²) in [7, 11) is 0. The summed E-state index contributed by atoms with van der Waals surface area (Å²) in [5.41, 5.74) is 3.70. The third kappa shape index (κ3) is 9.32. The molecular formula is C28H52. The fourth-order valence-corrected chi connectivity index (χ4v) is 5.12. The minimum Gasteiger partial charge on any atom is -0.0880 e. The molecule has 0 aromatic carbocycles. The van der Waals surface area contributed by atoms with E-state index >= 15 is 0 Å². The third-order valence-corrected chi connectivity index (χ3v) is 7.31. The molecule has 28 heavy (non-hydrogen) atoms. The van der Waals surface area contributed by atoms with Crippen LogP contribution >= 0.6 is 0 Å². The minimum absolute atomic E-state index is 0.758. The van der Waals surface area contributed by atoms with Gasteiger partial charge in [-0.3, -0.25) is 0 Å². The maximum Gasteiger partial charge on any atom is -0.0202 e. The Hall–Kier alpha value is -0.520. The molecule has 0 nitrogen and oxygen atoms in total. The highest BCUT2D eigenvalue weighted by atomic mass is 14.3. The Bertz CT molecular complexity index is 455. The molecule has 0 fully saturated rings. The van der Waals surface area contributed by atoms with Gasteiger partial charge in [0.1, 0.15) is 0 Å². The maximum absolute atomic E-state index is 2.51. The van der Waals surface area contributed by atoms with Crippen LogP contribution in [0.15, 0.2) is 23.3 Å². The SMILES string of the molecule is CCCCCC(C)CC(CCC1C=CCC1C)=C(CC(C)CCC)C(C)CC. The van der Waals surface area contributed by atoms with Crippen molar-refractivity contribution in [1.29, 1.82) is 0 Å². The van der Waals surface area contributed by atoms with Crippen LogP contribution in [0.1, 0.15) is 126 Å². The van der Waals surface area contributed by atoms with Crippen molar-refractivity contribution in [2.45, 2.75) is 126 Å². The quantitative estimate of drug-likeness (QED) is 0.193. The Kier molecular flexibility index (Phi) is 13.2. The Morgan fingerprint density at radius 1 is 0.929 bits per heavy atom. The van der Waals surface area contributed by atoms with Gasteiger partial charge in [-0.15, -0.1) is 0 Å². The van der Waals surface area contributed by atoms with Crippen molar-refractivity contribution in [3.63, 3.8) is 0 Å².